The molecule has 0 aromatic rings. The maximum atomic E-state index is 12.5. The average molecular weight is 572 g/mol. The number of carbonyl (C=O) groups excluding carboxylic acids is 3. The van der Waals surface area contributed by atoms with Gasteiger partial charge in [0.25, 0.3) is 0 Å². The van der Waals surface area contributed by atoms with Crippen LogP contribution in [0.3, 0.4) is 0 Å². The second-order valence-electron chi connectivity index (χ2n) is 10.8. The Hall–Kier alpha value is -1.79. The zero-order valence-corrected chi connectivity index (χ0v) is 26.0. The number of carboxylic acids is 2. The van der Waals surface area contributed by atoms with E-state index < -0.39 is 35.4 Å². The van der Waals surface area contributed by atoms with Crippen molar-refractivity contribution in [2.75, 3.05) is 13.2 Å². The second kappa shape index (κ2) is 14.2. The monoisotopic (exact) mass is 571 g/mol. The number of rotatable bonds is 11. The van der Waals surface area contributed by atoms with Crippen LogP contribution in [0.5, 0.6) is 0 Å². The van der Waals surface area contributed by atoms with Gasteiger partial charge in [-0.3, -0.25) is 19.2 Å². The molecular formula is C28H36KO10. The summed E-state index contributed by atoms with van der Waals surface area (Å²) in [4.78, 5) is 58.6. The number of aliphatic carboxylic acids is 2. The van der Waals surface area contributed by atoms with E-state index in [0.29, 0.717) is 31.3 Å². The van der Waals surface area contributed by atoms with Gasteiger partial charge in [-0.05, 0) is 43.1 Å². The maximum absolute atomic E-state index is 12.5. The van der Waals surface area contributed by atoms with E-state index in [1.807, 2.05) is 13.0 Å². The van der Waals surface area contributed by atoms with Crippen molar-refractivity contribution in [3.63, 3.8) is 0 Å². The van der Waals surface area contributed by atoms with Crippen molar-refractivity contribution in [2.24, 2.45) is 22.7 Å². The largest absolute Gasteiger partial charge is 0.481 e. The molecule has 39 heavy (non-hydrogen) atoms. The fourth-order valence-corrected chi connectivity index (χ4v) is 6.30. The predicted octanol–water partition coefficient (Wildman–Crippen LogP) is 3.22. The van der Waals surface area contributed by atoms with Gasteiger partial charge < -0.3 is 24.4 Å². The standard InChI is InChI=1S/C28H36O10.K/c1-17-4-7-20-27(2,19(17)6-5-18-13-15-36-26(18)35)14-12-21(38-25(34)11-9-23(31)32)28(20,3)16-37-24(33)10-8-22(29)30;/h5-6,13,19-21H,1,4,7-12,14-16H2,2-3H3,(H,29,30)(H,31,32);. The quantitative estimate of drug-likeness (QED) is 0.164. The maximum Gasteiger partial charge on any atom is 0.338 e. The van der Waals surface area contributed by atoms with Crippen molar-refractivity contribution in [3.05, 3.63) is 36.0 Å². The van der Waals surface area contributed by atoms with Crippen molar-refractivity contribution >= 4 is 81.2 Å². The van der Waals surface area contributed by atoms with Crippen LogP contribution >= 0.6 is 0 Å². The molecule has 5 atom stereocenters. The van der Waals surface area contributed by atoms with Gasteiger partial charge in [-0.1, -0.05) is 38.2 Å². The zero-order chi connectivity index (χ0) is 28.1. The molecule has 2 fully saturated rings. The summed E-state index contributed by atoms with van der Waals surface area (Å²) < 4.78 is 16.4. The van der Waals surface area contributed by atoms with Gasteiger partial charge in [-0.25, -0.2) is 4.79 Å². The fourth-order valence-electron chi connectivity index (χ4n) is 6.30. The van der Waals surface area contributed by atoms with E-state index in [0.717, 1.165) is 5.57 Å². The van der Waals surface area contributed by atoms with E-state index in [9.17, 15) is 24.0 Å². The van der Waals surface area contributed by atoms with Crippen molar-refractivity contribution in [1.29, 1.82) is 0 Å². The summed E-state index contributed by atoms with van der Waals surface area (Å²) in [5, 5.41) is 17.8. The molecule has 5 unspecified atom stereocenters. The molecule has 0 saturated heterocycles. The van der Waals surface area contributed by atoms with Gasteiger partial charge in [-0.2, -0.15) is 0 Å². The molecule has 1 radical (unpaired) electrons. The Bertz CT molecular complexity index is 1060. The Labute approximate surface area is 270 Å². The summed E-state index contributed by atoms with van der Waals surface area (Å²) in [6.45, 7) is 8.49. The van der Waals surface area contributed by atoms with Crippen LogP contribution in [0.4, 0.5) is 0 Å². The molecule has 10 nitrogen and oxygen atoms in total. The fraction of sp³-hybridized carbons (Fsp3) is 0.607. The number of allylic oxidation sites excluding steroid dienone is 2. The topological polar surface area (TPSA) is 154 Å². The number of fused-ring (bicyclic) bond motifs is 1. The summed E-state index contributed by atoms with van der Waals surface area (Å²) in [6.07, 6.45) is 6.10. The molecule has 11 heteroatoms. The van der Waals surface area contributed by atoms with Crippen LogP contribution in [0.25, 0.3) is 0 Å². The van der Waals surface area contributed by atoms with E-state index >= 15 is 0 Å². The van der Waals surface area contributed by atoms with Crippen LogP contribution < -0.4 is 0 Å². The van der Waals surface area contributed by atoms with Gasteiger partial charge in [-0.15, -0.1) is 0 Å². The van der Waals surface area contributed by atoms with Crippen LogP contribution in [-0.2, 0) is 38.2 Å². The van der Waals surface area contributed by atoms with Gasteiger partial charge in [0.05, 0.1) is 31.3 Å². The first-order chi connectivity index (χ1) is 17.9. The van der Waals surface area contributed by atoms with Crippen molar-refractivity contribution in [1.82, 2.24) is 0 Å². The molecule has 209 valence electrons. The molecule has 0 bridgehead atoms. The Balaban J connectivity index is 0.00000533. The van der Waals surface area contributed by atoms with Crippen LogP contribution in [0.2, 0.25) is 0 Å². The summed E-state index contributed by atoms with van der Waals surface area (Å²) in [7, 11) is 0. The Morgan fingerprint density at radius 2 is 1.72 bits per heavy atom. The molecule has 2 aliphatic carbocycles. The first kappa shape index (κ1) is 33.4. The van der Waals surface area contributed by atoms with Gasteiger partial charge in [0.2, 0.25) is 0 Å². The van der Waals surface area contributed by atoms with E-state index in [2.05, 4.69) is 13.5 Å². The van der Waals surface area contributed by atoms with Crippen LogP contribution in [0, 0.1) is 22.7 Å². The van der Waals surface area contributed by atoms with Crippen molar-refractivity contribution in [2.45, 2.75) is 71.3 Å². The Morgan fingerprint density at radius 3 is 2.31 bits per heavy atom. The number of esters is 3. The molecule has 1 heterocycles. The molecule has 2 saturated carbocycles. The average Bonchev–Trinajstić information content (AvgIpc) is 3.26. The number of hydrogen-bond acceptors (Lipinski definition) is 8. The van der Waals surface area contributed by atoms with Crippen LogP contribution in [0.1, 0.15) is 65.2 Å². The smallest absolute Gasteiger partial charge is 0.338 e. The molecule has 0 spiro atoms. The number of carboxylic acid groups (broad SMARTS) is 2. The van der Waals surface area contributed by atoms with Crippen LogP contribution in [0.15, 0.2) is 36.0 Å². The van der Waals surface area contributed by atoms with Crippen molar-refractivity contribution < 1.29 is 48.4 Å². The molecular weight excluding hydrogens is 535 g/mol. The van der Waals surface area contributed by atoms with Crippen LogP contribution in [-0.4, -0.2) is 111 Å². The van der Waals surface area contributed by atoms with E-state index in [-0.39, 0.29) is 114 Å². The van der Waals surface area contributed by atoms with Gasteiger partial charge >= 0.3 is 29.8 Å². The SMILES string of the molecule is C=C1CCC2C(C)(COC(=O)CCC(=O)O)C(OC(=O)CCC(=O)O)CCC2(C)C1C=CC1=CCOC1=O.[K]. The van der Waals surface area contributed by atoms with Gasteiger partial charge in [0, 0.05) is 62.7 Å². The molecule has 3 rings (SSSR count). The van der Waals surface area contributed by atoms with E-state index in [1.54, 1.807) is 12.2 Å². The number of hydrogen-bond donors (Lipinski definition) is 2. The molecule has 0 amide bonds. The third kappa shape index (κ3) is 8.13. The zero-order valence-electron chi connectivity index (χ0n) is 22.9. The first-order valence-electron chi connectivity index (χ1n) is 12.9. The van der Waals surface area contributed by atoms with E-state index in [1.165, 1.54) is 0 Å². The summed E-state index contributed by atoms with van der Waals surface area (Å²) in [6, 6.07) is 0. The molecule has 2 N–H and O–H groups in total. The summed E-state index contributed by atoms with van der Waals surface area (Å²) >= 11 is 0. The molecule has 3 aliphatic rings. The van der Waals surface area contributed by atoms with E-state index in [4.69, 9.17) is 24.4 Å². The Morgan fingerprint density at radius 1 is 1.08 bits per heavy atom. The minimum Gasteiger partial charge on any atom is -0.481 e. The van der Waals surface area contributed by atoms with Crippen molar-refractivity contribution in [3.8, 4) is 0 Å². The summed E-state index contributed by atoms with van der Waals surface area (Å²) in [5.41, 5.74) is 0.328. The minimum absolute atomic E-state index is 0. The van der Waals surface area contributed by atoms with Gasteiger partial charge in [0.1, 0.15) is 19.3 Å². The predicted molar refractivity (Wildman–Crippen MR) is 139 cm³/mol. The normalized spacial score (nSPS) is 30.0. The first-order valence-corrected chi connectivity index (χ1v) is 12.9. The summed E-state index contributed by atoms with van der Waals surface area (Å²) in [5.74, 6) is -4.05. The number of cyclic esters (lactones) is 1. The second-order valence-corrected chi connectivity index (χ2v) is 10.8. The molecule has 1 aliphatic heterocycles. The molecule has 0 aromatic heterocycles. The number of carbonyl (C=O) groups is 5. The third-order valence-electron chi connectivity index (χ3n) is 8.30. The van der Waals surface area contributed by atoms with Gasteiger partial charge in [0.15, 0.2) is 0 Å². The molecule has 0 aromatic carbocycles. The number of ether oxygens (including phenoxy) is 3. The minimum atomic E-state index is -1.11. The third-order valence-corrected chi connectivity index (χ3v) is 8.30. The Kier molecular flexibility index (Phi) is 12.2.